The van der Waals surface area contributed by atoms with Gasteiger partial charge >= 0.3 is 18.1 Å². The predicted octanol–water partition coefficient (Wildman–Crippen LogP) is 6.15. The molecule has 0 radical (unpaired) electrons. The van der Waals surface area contributed by atoms with Gasteiger partial charge in [0.25, 0.3) is 0 Å². The zero-order valence-electron chi connectivity index (χ0n) is 27.9. The maximum absolute atomic E-state index is 17.1. The Balaban J connectivity index is 1.24. The summed E-state index contributed by atoms with van der Waals surface area (Å²) in [6.45, 7) is 3.39. The molecule has 8 rings (SSSR count). The third-order valence-corrected chi connectivity index (χ3v) is 12.0. The van der Waals surface area contributed by atoms with Gasteiger partial charge in [0.05, 0.1) is 26.9 Å². The summed E-state index contributed by atoms with van der Waals surface area (Å²) >= 11 is 7.74. The molecule has 3 saturated heterocycles. The molecule has 3 aliphatic rings. The molecule has 3 aromatic heterocycles. The summed E-state index contributed by atoms with van der Waals surface area (Å²) in [5.41, 5.74) is 5.44. The van der Waals surface area contributed by atoms with Crippen molar-refractivity contribution in [1.29, 1.82) is 5.26 Å². The highest BCUT2D eigenvalue weighted by Crippen LogP contribution is 2.46. The zero-order chi connectivity index (χ0) is 36.6. The minimum atomic E-state index is -1.03. The minimum Gasteiger partial charge on any atom is -0.461 e. The third-order valence-electron chi connectivity index (χ3n) is 10.7. The lowest BCUT2D eigenvalue weighted by Gasteiger charge is -2.32. The first-order valence-corrected chi connectivity index (χ1v) is 17.8. The Morgan fingerprint density at radius 3 is 2.83 bits per heavy atom. The maximum atomic E-state index is 17.1. The fourth-order valence-corrected chi connectivity index (χ4v) is 9.47. The normalized spacial score (nSPS) is 23.1. The fourth-order valence-electron chi connectivity index (χ4n) is 8.23. The number of thiophene rings is 1. The van der Waals surface area contributed by atoms with Gasteiger partial charge in [-0.25, -0.2) is 18.0 Å². The Labute approximate surface area is 303 Å². The number of rotatable bonds is 6. The van der Waals surface area contributed by atoms with E-state index in [1.165, 1.54) is 23.1 Å². The number of nitrogen functional groups attached to an aromatic ring is 1. The quantitative estimate of drug-likeness (QED) is 0.201. The molecule has 18 heteroatoms. The van der Waals surface area contributed by atoms with E-state index < -0.39 is 47.5 Å². The SMILES string of the molecule is C[C@@H]1C(N(C)C(=O)n2cnc(F)n2)CCN1c1nc(OC[C@@]23CCCN2C[C@H](F)C3)nc2c(F)c(-c3ccc(F)c4sc(N)c(C#N)c34)c(Cl)cc12. The van der Waals surface area contributed by atoms with E-state index in [1.807, 2.05) is 17.9 Å². The first-order valence-electron chi connectivity index (χ1n) is 16.6. The highest BCUT2D eigenvalue weighted by molar-refractivity contribution is 7.23. The van der Waals surface area contributed by atoms with Crippen LogP contribution < -0.4 is 15.4 Å². The van der Waals surface area contributed by atoms with Gasteiger partial charge in [0.2, 0.25) is 0 Å². The van der Waals surface area contributed by atoms with Crippen LogP contribution in [0.1, 0.15) is 38.2 Å². The lowest BCUT2D eigenvalue weighted by atomic mass is 9.95. The van der Waals surface area contributed by atoms with Crippen molar-refractivity contribution >= 4 is 60.8 Å². The van der Waals surface area contributed by atoms with Gasteiger partial charge in [-0.05, 0) is 50.4 Å². The van der Waals surface area contributed by atoms with E-state index in [0.29, 0.717) is 25.9 Å². The number of aromatic nitrogens is 5. The second kappa shape index (κ2) is 12.7. The number of fused-ring (bicyclic) bond motifs is 3. The number of hydrogen-bond donors (Lipinski definition) is 1. The number of hydrogen-bond acceptors (Lipinski definition) is 11. The number of carbonyl (C=O) groups excluding carboxylic acids is 1. The van der Waals surface area contributed by atoms with Gasteiger partial charge in [0.1, 0.15) is 47.3 Å². The number of likely N-dealkylation sites (N-methyl/N-ethyl adjacent to an activating group) is 1. The number of nitrogens with zero attached hydrogens (tertiary/aromatic N) is 9. The summed E-state index contributed by atoms with van der Waals surface area (Å²) in [5.74, 6) is -1.19. The molecule has 52 heavy (non-hydrogen) atoms. The fraction of sp³-hybridized carbons (Fsp3) is 0.412. The van der Waals surface area contributed by atoms with Crippen molar-refractivity contribution in [1.82, 2.24) is 34.5 Å². The van der Waals surface area contributed by atoms with E-state index in [4.69, 9.17) is 27.1 Å². The number of anilines is 2. The van der Waals surface area contributed by atoms with Crippen LogP contribution in [0.2, 0.25) is 5.02 Å². The number of benzene rings is 2. The Morgan fingerprint density at radius 1 is 1.27 bits per heavy atom. The Bertz CT molecular complexity index is 2320. The topological polar surface area (TPSA) is 142 Å². The van der Waals surface area contributed by atoms with Crippen LogP contribution in [0.4, 0.5) is 33.2 Å². The van der Waals surface area contributed by atoms with Crippen molar-refractivity contribution in [3.63, 3.8) is 0 Å². The molecule has 12 nitrogen and oxygen atoms in total. The van der Waals surface area contributed by atoms with Crippen molar-refractivity contribution < 1.29 is 27.1 Å². The molecule has 3 fully saturated rings. The lowest BCUT2D eigenvalue weighted by Crippen LogP contribution is -2.46. The van der Waals surface area contributed by atoms with E-state index in [-0.39, 0.29) is 66.1 Å². The third kappa shape index (κ3) is 5.38. The van der Waals surface area contributed by atoms with Gasteiger partial charge < -0.3 is 20.3 Å². The number of carbonyl (C=O) groups is 1. The van der Waals surface area contributed by atoms with Crippen molar-refractivity contribution in [2.24, 2.45) is 0 Å². The maximum Gasteiger partial charge on any atom is 0.346 e. The molecule has 5 aromatic rings. The first kappa shape index (κ1) is 34.3. The van der Waals surface area contributed by atoms with Crippen molar-refractivity contribution in [2.75, 3.05) is 43.9 Å². The summed E-state index contributed by atoms with van der Waals surface area (Å²) in [5, 5.41) is 13.8. The molecule has 0 saturated carbocycles. The largest absolute Gasteiger partial charge is 0.461 e. The molecule has 2 N–H and O–H groups in total. The van der Waals surface area contributed by atoms with E-state index in [9.17, 15) is 23.2 Å². The molecule has 0 spiro atoms. The number of nitrogens with two attached hydrogens (primary N) is 1. The molecule has 0 bridgehead atoms. The summed E-state index contributed by atoms with van der Waals surface area (Å²) < 4.78 is 67.3. The van der Waals surface area contributed by atoms with Crippen LogP contribution in [0.25, 0.3) is 32.1 Å². The smallest absolute Gasteiger partial charge is 0.346 e. The molecule has 2 aromatic carbocycles. The van der Waals surface area contributed by atoms with Crippen molar-refractivity contribution in [3.8, 4) is 23.2 Å². The van der Waals surface area contributed by atoms with Crippen LogP contribution in [-0.2, 0) is 0 Å². The van der Waals surface area contributed by atoms with Gasteiger partial charge in [0.15, 0.2) is 5.82 Å². The summed E-state index contributed by atoms with van der Waals surface area (Å²) in [6, 6.07) is 4.50. The molecular weight excluding hydrogens is 724 g/mol. The van der Waals surface area contributed by atoms with Crippen LogP contribution in [-0.4, -0.2) is 97.6 Å². The molecule has 1 unspecified atom stereocenters. The molecule has 270 valence electrons. The van der Waals surface area contributed by atoms with E-state index in [1.54, 1.807) is 7.05 Å². The van der Waals surface area contributed by atoms with E-state index in [0.717, 1.165) is 41.7 Å². The van der Waals surface area contributed by atoms with Gasteiger partial charge in [0, 0.05) is 48.9 Å². The lowest BCUT2D eigenvalue weighted by molar-refractivity contribution is 0.107. The summed E-state index contributed by atoms with van der Waals surface area (Å²) in [4.78, 5) is 31.3. The summed E-state index contributed by atoms with van der Waals surface area (Å²) in [6.07, 6.45) is 1.36. The first-order chi connectivity index (χ1) is 24.9. The monoisotopic (exact) mass is 754 g/mol. The number of nitriles is 1. The highest BCUT2D eigenvalue weighted by atomic mass is 35.5. The predicted molar refractivity (Wildman–Crippen MR) is 187 cm³/mol. The molecule has 0 aliphatic carbocycles. The number of halogens is 5. The second-order valence-corrected chi connectivity index (χ2v) is 15.0. The van der Waals surface area contributed by atoms with Crippen molar-refractivity contribution in [2.45, 2.75) is 56.4 Å². The summed E-state index contributed by atoms with van der Waals surface area (Å²) in [7, 11) is 1.57. The molecule has 4 atom stereocenters. The number of alkyl halides is 1. The van der Waals surface area contributed by atoms with Crippen molar-refractivity contribution in [3.05, 3.63) is 52.8 Å². The standard InChI is InChI=1S/C34H31ClF4N10O2S/c1-16-23(46(2)33(50)49-15-42-31(39)45-49)6-9-48(16)30-19-10-21(35)25(18-4-5-22(37)28-24(18)20(12-40)29(41)52-28)26(38)27(19)43-32(44-30)51-14-34-7-3-8-47(34)13-17(36)11-34/h4-5,10,15-17,23H,3,6-9,11,13-14,41H2,1-2H3/t16-,17-,23?,34+/m1/s1. The minimum absolute atomic E-state index is 0.00444. The second-order valence-electron chi connectivity index (χ2n) is 13.5. The van der Waals surface area contributed by atoms with Gasteiger partial charge in [-0.1, -0.05) is 17.7 Å². The van der Waals surface area contributed by atoms with Crippen LogP contribution in [0.5, 0.6) is 6.01 Å². The van der Waals surface area contributed by atoms with Crippen LogP contribution in [0, 0.1) is 29.0 Å². The average Bonchev–Trinajstić information content (AvgIpc) is 3.93. The zero-order valence-corrected chi connectivity index (χ0v) is 29.5. The molecule has 1 amide bonds. The van der Waals surface area contributed by atoms with Crippen LogP contribution in [0.3, 0.4) is 0 Å². The number of amides is 1. The average molecular weight is 755 g/mol. The van der Waals surface area contributed by atoms with Crippen LogP contribution in [0.15, 0.2) is 24.5 Å². The Morgan fingerprint density at radius 2 is 2.08 bits per heavy atom. The van der Waals surface area contributed by atoms with Crippen LogP contribution >= 0.6 is 22.9 Å². The van der Waals surface area contributed by atoms with Gasteiger partial charge in [-0.15, -0.1) is 16.4 Å². The molecular formula is C34H31ClF4N10O2S. The number of ether oxygens (including phenoxy) is 1. The van der Waals surface area contributed by atoms with Gasteiger partial charge in [-0.3, -0.25) is 4.90 Å². The van der Waals surface area contributed by atoms with Gasteiger partial charge in [-0.2, -0.15) is 29.3 Å². The van der Waals surface area contributed by atoms with E-state index in [2.05, 4.69) is 20.0 Å². The Hall–Kier alpha value is -4.79. The van der Waals surface area contributed by atoms with E-state index >= 15 is 4.39 Å². The molecule has 6 heterocycles. The highest BCUT2D eigenvalue weighted by Gasteiger charge is 2.49. The Kier molecular flexibility index (Phi) is 8.38. The molecule has 3 aliphatic heterocycles.